The summed E-state index contributed by atoms with van der Waals surface area (Å²) in [7, 11) is 1.65. The Balaban J connectivity index is 1.85. The zero-order valence-corrected chi connectivity index (χ0v) is 14.8. The maximum Gasteiger partial charge on any atom is 0.230 e. The highest BCUT2D eigenvalue weighted by atomic mass is 35.5. The Bertz CT molecular complexity index is 505. The molecule has 2 rings (SSSR count). The van der Waals surface area contributed by atoms with Crippen LogP contribution in [-0.4, -0.2) is 30.6 Å². The SMILES string of the molecule is COC(C)(CNC(=O)CSC1CCCC1)c1cccc(Cl)c1. The monoisotopic (exact) mass is 341 g/mol. The van der Waals surface area contributed by atoms with Crippen molar-refractivity contribution in [2.45, 2.75) is 43.5 Å². The fourth-order valence-electron chi connectivity index (χ4n) is 2.68. The highest BCUT2D eigenvalue weighted by Gasteiger charge is 2.27. The minimum Gasteiger partial charge on any atom is -0.372 e. The standard InChI is InChI=1S/C17H24ClNO2S/c1-17(21-2,13-6-5-7-14(18)10-13)12-19-16(20)11-22-15-8-3-4-9-15/h5-7,10,15H,3-4,8-9,11-12H2,1-2H3,(H,19,20). The Morgan fingerprint density at radius 1 is 1.45 bits per heavy atom. The third kappa shape index (κ3) is 4.90. The lowest BCUT2D eigenvalue weighted by atomic mass is 9.95. The molecule has 1 aromatic carbocycles. The van der Waals surface area contributed by atoms with Crippen molar-refractivity contribution in [2.75, 3.05) is 19.4 Å². The van der Waals surface area contributed by atoms with E-state index in [2.05, 4.69) is 5.32 Å². The minimum absolute atomic E-state index is 0.0715. The number of carbonyl (C=O) groups is 1. The maximum atomic E-state index is 12.0. The third-order valence-electron chi connectivity index (χ3n) is 4.26. The van der Waals surface area contributed by atoms with Crippen LogP contribution in [0.4, 0.5) is 0 Å². The molecule has 0 saturated heterocycles. The van der Waals surface area contributed by atoms with Crippen molar-refractivity contribution in [1.29, 1.82) is 0 Å². The van der Waals surface area contributed by atoms with Crippen molar-refractivity contribution in [2.24, 2.45) is 0 Å². The molecule has 0 bridgehead atoms. The van der Waals surface area contributed by atoms with Gasteiger partial charge in [-0.05, 0) is 37.5 Å². The number of carbonyl (C=O) groups excluding carboxylic acids is 1. The quantitative estimate of drug-likeness (QED) is 0.814. The summed E-state index contributed by atoms with van der Waals surface area (Å²) in [5.74, 6) is 0.599. The molecular weight excluding hydrogens is 318 g/mol. The van der Waals surface area contributed by atoms with Crippen LogP contribution >= 0.6 is 23.4 Å². The fraction of sp³-hybridized carbons (Fsp3) is 0.588. The number of halogens is 1. The van der Waals surface area contributed by atoms with Gasteiger partial charge in [0, 0.05) is 17.4 Å². The normalized spacial score (nSPS) is 18.1. The van der Waals surface area contributed by atoms with E-state index in [1.54, 1.807) is 18.9 Å². The zero-order valence-electron chi connectivity index (χ0n) is 13.2. The van der Waals surface area contributed by atoms with Gasteiger partial charge in [0.2, 0.25) is 5.91 Å². The van der Waals surface area contributed by atoms with Gasteiger partial charge in [0.1, 0.15) is 5.60 Å². The van der Waals surface area contributed by atoms with Gasteiger partial charge in [-0.15, -0.1) is 11.8 Å². The van der Waals surface area contributed by atoms with Crippen LogP contribution < -0.4 is 5.32 Å². The number of benzene rings is 1. The topological polar surface area (TPSA) is 38.3 Å². The predicted octanol–water partition coefficient (Wildman–Crippen LogP) is 3.99. The lowest BCUT2D eigenvalue weighted by Crippen LogP contribution is -2.40. The summed E-state index contributed by atoms with van der Waals surface area (Å²) >= 11 is 7.82. The molecule has 3 nitrogen and oxygen atoms in total. The van der Waals surface area contributed by atoms with E-state index in [-0.39, 0.29) is 5.91 Å². The Labute approximate surface area is 142 Å². The number of hydrogen-bond acceptors (Lipinski definition) is 3. The molecule has 5 heteroatoms. The Morgan fingerprint density at radius 3 is 2.82 bits per heavy atom. The first kappa shape index (κ1) is 17.6. The van der Waals surface area contributed by atoms with E-state index in [0.29, 0.717) is 22.6 Å². The van der Waals surface area contributed by atoms with Crippen molar-refractivity contribution >= 4 is 29.3 Å². The van der Waals surface area contributed by atoms with E-state index in [9.17, 15) is 4.79 Å². The van der Waals surface area contributed by atoms with Crippen molar-refractivity contribution < 1.29 is 9.53 Å². The molecule has 1 aliphatic carbocycles. The number of amides is 1. The first-order chi connectivity index (χ1) is 10.5. The zero-order chi connectivity index (χ0) is 16.0. The van der Waals surface area contributed by atoms with E-state index in [1.807, 2.05) is 31.2 Å². The number of thioether (sulfide) groups is 1. The second-order valence-corrected chi connectivity index (χ2v) is 7.66. The smallest absolute Gasteiger partial charge is 0.230 e. The second kappa shape index (κ2) is 8.23. The summed E-state index contributed by atoms with van der Waals surface area (Å²) in [6.07, 6.45) is 5.10. The fourth-order valence-corrected chi connectivity index (χ4v) is 4.02. The van der Waals surface area contributed by atoms with Gasteiger partial charge in [0.15, 0.2) is 0 Å². The van der Waals surface area contributed by atoms with Gasteiger partial charge in [0.25, 0.3) is 0 Å². The van der Waals surface area contributed by atoms with E-state index in [4.69, 9.17) is 16.3 Å². The van der Waals surface area contributed by atoms with Gasteiger partial charge in [0.05, 0.1) is 12.3 Å². The first-order valence-corrected chi connectivity index (χ1v) is 9.16. The Kier molecular flexibility index (Phi) is 6.60. The predicted molar refractivity (Wildman–Crippen MR) is 93.5 cm³/mol. The average molecular weight is 342 g/mol. The third-order valence-corrected chi connectivity index (χ3v) is 5.87. The van der Waals surface area contributed by atoms with Crippen LogP contribution in [0, 0.1) is 0 Å². The molecule has 1 aromatic rings. The molecular formula is C17H24ClNO2S. The number of nitrogens with one attached hydrogen (secondary N) is 1. The van der Waals surface area contributed by atoms with Gasteiger partial charge in [-0.3, -0.25) is 4.79 Å². The molecule has 1 unspecified atom stereocenters. The van der Waals surface area contributed by atoms with Crippen LogP contribution in [0.25, 0.3) is 0 Å². The van der Waals surface area contributed by atoms with Crippen molar-refractivity contribution in [3.63, 3.8) is 0 Å². The molecule has 1 aliphatic rings. The van der Waals surface area contributed by atoms with Gasteiger partial charge < -0.3 is 10.1 Å². The molecule has 22 heavy (non-hydrogen) atoms. The van der Waals surface area contributed by atoms with Crippen LogP contribution in [-0.2, 0) is 15.1 Å². The highest BCUT2D eigenvalue weighted by Crippen LogP contribution is 2.29. The van der Waals surface area contributed by atoms with Crippen LogP contribution in [0.2, 0.25) is 5.02 Å². The summed E-state index contributed by atoms with van der Waals surface area (Å²) in [6.45, 7) is 2.40. The van der Waals surface area contributed by atoms with Crippen LogP contribution in [0.5, 0.6) is 0 Å². The lowest BCUT2D eigenvalue weighted by Gasteiger charge is -2.29. The van der Waals surface area contributed by atoms with Crippen molar-refractivity contribution in [1.82, 2.24) is 5.32 Å². The van der Waals surface area contributed by atoms with Crippen molar-refractivity contribution in [3.05, 3.63) is 34.9 Å². The average Bonchev–Trinajstić information content (AvgIpc) is 3.04. The molecule has 0 heterocycles. The summed E-state index contributed by atoms with van der Waals surface area (Å²) < 4.78 is 5.63. The highest BCUT2D eigenvalue weighted by molar-refractivity contribution is 8.00. The van der Waals surface area contributed by atoms with Gasteiger partial charge in [-0.25, -0.2) is 0 Å². The number of methoxy groups -OCH3 is 1. The molecule has 1 saturated carbocycles. The Morgan fingerprint density at radius 2 is 2.18 bits per heavy atom. The van der Waals surface area contributed by atoms with Gasteiger partial charge in [-0.1, -0.05) is 36.6 Å². The van der Waals surface area contributed by atoms with E-state index >= 15 is 0 Å². The molecule has 0 aromatic heterocycles. The second-order valence-electron chi connectivity index (χ2n) is 5.94. The molecule has 1 fully saturated rings. The van der Waals surface area contributed by atoms with Crippen LogP contribution in [0.15, 0.2) is 24.3 Å². The summed E-state index contributed by atoms with van der Waals surface area (Å²) in [5, 5.41) is 4.32. The lowest BCUT2D eigenvalue weighted by molar-refractivity contribution is -0.120. The summed E-state index contributed by atoms with van der Waals surface area (Å²) in [5.41, 5.74) is 0.393. The van der Waals surface area contributed by atoms with Crippen molar-refractivity contribution in [3.8, 4) is 0 Å². The van der Waals surface area contributed by atoms with Crippen LogP contribution in [0.3, 0.4) is 0 Å². The molecule has 1 amide bonds. The molecule has 0 spiro atoms. The molecule has 0 aliphatic heterocycles. The molecule has 1 atom stereocenters. The van der Waals surface area contributed by atoms with E-state index < -0.39 is 5.60 Å². The number of hydrogen-bond donors (Lipinski definition) is 1. The maximum absolute atomic E-state index is 12.0. The molecule has 1 N–H and O–H groups in total. The minimum atomic E-state index is -0.571. The molecule has 122 valence electrons. The number of ether oxygens (including phenoxy) is 1. The molecule has 0 radical (unpaired) electrons. The van der Waals surface area contributed by atoms with Gasteiger partial charge in [-0.2, -0.15) is 0 Å². The van der Waals surface area contributed by atoms with Gasteiger partial charge >= 0.3 is 0 Å². The van der Waals surface area contributed by atoms with Crippen LogP contribution in [0.1, 0.15) is 38.2 Å². The first-order valence-electron chi connectivity index (χ1n) is 7.73. The Hall–Kier alpha value is -0.710. The largest absolute Gasteiger partial charge is 0.372 e. The van der Waals surface area contributed by atoms with E-state index in [0.717, 1.165) is 5.56 Å². The summed E-state index contributed by atoms with van der Waals surface area (Å²) in [4.78, 5) is 12.0. The number of rotatable bonds is 7. The van der Waals surface area contributed by atoms with E-state index in [1.165, 1.54) is 25.7 Å². The summed E-state index contributed by atoms with van der Waals surface area (Å²) in [6, 6.07) is 7.57.